The lowest BCUT2D eigenvalue weighted by Gasteiger charge is -2.46. The van der Waals surface area contributed by atoms with Crippen molar-refractivity contribution >= 4 is 33.7 Å². The highest BCUT2D eigenvalue weighted by Crippen LogP contribution is 2.38. The summed E-state index contributed by atoms with van der Waals surface area (Å²) in [6.07, 6.45) is -11.5. The van der Waals surface area contributed by atoms with Gasteiger partial charge in [-0.3, -0.25) is 0 Å². The quantitative estimate of drug-likeness (QED) is 0.127. The molecule has 14 nitrogen and oxygen atoms in total. The van der Waals surface area contributed by atoms with Crippen LogP contribution in [0.15, 0.2) is 67.0 Å². The Morgan fingerprint density at radius 3 is 1.33 bits per heavy atom. The van der Waals surface area contributed by atoms with E-state index in [1.54, 1.807) is 24.3 Å². The topological polar surface area (TPSA) is 219 Å². The number of aliphatic hydroxyl groups excluding tert-OH is 6. The molecule has 4 unspecified atom stereocenters. The first-order valence-corrected chi connectivity index (χ1v) is 19.1. The van der Waals surface area contributed by atoms with E-state index in [1.807, 2.05) is 24.3 Å². The van der Waals surface area contributed by atoms with Crippen LogP contribution in [-0.4, -0.2) is 104 Å². The van der Waals surface area contributed by atoms with Crippen LogP contribution < -0.4 is 11.3 Å². The molecule has 2 saturated heterocycles. The standard InChI is InChI=1S/C40H50O14S/c1-39(2,3)23-7-9-25-19(13-23)11-21(35(47)51-25)17-49-33-29(43)27(15-41)53-37(31(33)45)55-38-32(46)34(30(44)28(16-42)54-38)50-18-22-12-20-14-24(40(4,5)6)8-10-26(20)52-36(22)48/h7-14,27-34,37-38,41-46H,15-18H2,1-6H3/t27?,28?,29-,30-,31+,32?,33?,34-,37-,38-/m0/s1. The van der Waals surface area contributed by atoms with Crippen LogP contribution in [0.3, 0.4) is 0 Å². The number of fused-ring (bicyclic) bond motifs is 2. The molecule has 0 spiro atoms. The molecule has 15 heteroatoms. The van der Waals surface area contributed by atoms with Crippen LogP contribution >= 0.6 is 11.8 Å². The second-order valence-electron chi connectivity index (χ2n) is 16.2. The van der Waals surface area contributed by atoms with E-state index in [1.165, 1.54) is 0 Å². The van der Waals surface area contributed by atoms with Gasteiger partial charge in [-0.1, -0.05) is 65.4 Å². The molecule has 4 heterocycles. The van der Waals surface area contributed by atoms with Crippen molar-refractivity contribution in [2.45, 2.75) is 125 Å². The molecule has 0 radical (unpaired) electrons. The smallest absolute Gasteiger partial charge is 0.341 e. The van der Waals surface area contributed by atoms with Crippen LogP contribution in [-0.2, 0) is 43.0 Å². The van der Waals surface area contributed by atoms with Crippen molar-refractivity contribution < 1.29 is 58.4 Å². The maximum absolute atomic E-state index is 12.9. The minimum absolute atomic E-state index is 0.134. The summed E-state index contributed by atoms with van der Waals surface area (Å²) in [5, 5.41) is 66.3. The molecule has 55 heavy (non-hydrogen) atoms. The van der Waals surface area contributed by atoms with E-state index in [0.29, 0.717) is 21.9 Å². The molecule has 6 rings (SSSR count). The molecule has 300 valence electrons. The highest BCUT2D eigenvalue weighted by molar-refractivity contribution is 8.00. The highest BCUT2D eigenvalue weighted by atomic mass is 32.2. The fraction of sp³-hybridized carbons (Fsp3) is 0.550. The van der Waals surface area contributed by atoms with Crippen LogP contribution in [0.25, 0.3) is 21.9 Å². The highest BCUT2D eigenvalue weighted by Gasteiger charge is 2.51. The summed E-state index contributed by atoms with van der Waals surface area (Å²) < 4.78 is 34.5. The SMILES string of the molecule is CC(C)(C)c1ccc2oc(=O)c(COC3[C@@H](O)C(CO)O[C@@H](S[C@@H]4OC(CO)[C@H](O)[C@H](OCc5cc6cc(C(C)(C)C)ccc6oc5=O)C4O)[C@@H]3O)cc2c1. The summed E-state index contributed by atoms with van der Waals surface area (Å²) in [7, 11) is 0. The zero-order valence-corrected chi connectivity index (χ0v) is 32.4. The van der Waals surface area contributed by atoms with Crippen molar-refractivity contribution in [3.63, 3.8) is 0 Å². The second-order valence-corrected chi connectivity index (χ2v) is 17.4. The Balaban J connectivity index is 1.18. The Morgan fingerprint density at radius 1 is 0.600 bits per heavy atom. The van der Waals surface area contributed by atoms with E-state index < -0.39 is 84.2 Å². The monoisotopic (exact) mass is 786 g/mol. The third-order valence-electron chi connectivity index (χ3n) is 10.1. The Kier molecular flexibility index (Phi) is 12.3. The van der Waals surface area contributed by atoms with Crippen molar-refractivity contribution in [3.05, 3.63) is 91.6 Å². The molecule has 4 aromatic rings. The molecular weight excluding hydrogens is 736 g/mol. The number of hydrogen-bond acceptors (Lipinski definition) is 15. The van der Waals surface area contributed by atoms with Gasteiger partial charge in [-0.25, -0.2) is 9.59 Å². The number of hydrogen-bond donors (Lipinski definition) is 6. The first kappa shape index (κ1) is 41.4. The second kappa shape index (κ2) is 16.3. The average Bonchev–Trinajstić information content (AvgIpc) is 3.12. The Hall–Kier alpha value is -3.19. The maximum Gasteiger partial charge on any atom is 0.341 e. The van der Waals surface area contributed by atoms with Crippen LogP contribution in [0.2, 0.25) is 0 Å². The van der Waals surface area contributed by atoms with E-state index in [-0.39, 0.29) is 35.2 Å². The van der Waals surface area contributed by atoms with Gasteiger partial charge in [0.15, 0.2) is 0 Å². The Labute approximate surface area is 321 Å². The molecule has 2 aromatic heterocycles. The van der Waals surface area contributed by atoms with E-state index >= 15 is 0 Å². The molecule has 10 atom stereocenters. The van der Waals surface area contributed by atoms with Gasteiger partial charge in [-0.15, -0.1) is 0 Å². The summed E-state index contributed by atoms with van der Waals surface area (Å²) >= 11 is 0.759. The van der Waals surface area contributed by atoms with E-state index in [2.05, 4.69) is 41.5 Å². The minimum atomic E-state index is -1.59. The van der Waals surface area contributed by atoms with Gasteiger partial charge >= 0.3 is 11.3 Å². The predicted molar refractivity (Wildman–Crippen MR) is 203 cm³/mol. The summed E-state index contributed by atoms with van der Waals surface area (Å²) in [5.74, 6) is 0. The molecular formula is C40H50O14S. The molecule has 0 aliphatic carbocycles. The van der Waals surface area contributed by atoms with Crippen molar-refractivity contribution in [2.24, 2.45) is 0 Å². The lowest BCUT2D eigenvalue weighted by molar-refractivity contribution is -0.231. The van der Waals surface area contributed by atoms with Gasteiger partial charge < -0.3 is 58.4 Å². The predicted octanol–water partition coefficient (Wildman–Crippen LogP) is 2.58. The number of benzene rings is 2. The largest absolute Gasteiger partial charge is 0.422 e. The summed E-state index contributed by atoms with van der Waals surface area (Å²) in [6, 6.07) is 14.3. The number of aliphatic hydroxyl groups is 6. The normalized spacial score (nSPS) is 29.2. The first-order valence-electron chi connectivity index (χ1n) is 18.2. The van der Waals surface area contributed by atoms with Gasteiger partial charge in [0.05, 0.1) is 37.6 Å². The molecule has 0 amide bonds. The maximum atomic E-state index is 12.9. The first-order chi connectivity index (χ1) is 25.9. The molecule has 2 aliphatic rings. The zero-order valence-electron chi connectivity index (χ0n) is 31.6. The molecule has 2 fully saturated rings. The zero-order chi connectivity index (χ0) is 40.0. The van der Waals surface area contributed by atoms with Crippen molar-refractivity contribution in [3.8, 4) is 0 Å². The Morgan fingerprint density at radius 2 is 0.982 bits per heavy atom. The van der Waals surface area contributed by atoms with Crippen LogP contribution in [0.5, 0.6) is 0 Å². The third-order valence-corrected chi connectivity index (χ3v) is 11.4. The average molecular weight is 787 g/mol. The van der Waals surface area contributed by atoms with Crippen molar-refractivity contribution in [2.75, 3.05) is 13.2 Å². The molecule has 2 aromatic carbocycles. The third kappa shape index (κ3) is 8.87. The van der Waals surface area contributed by atoms with Gasteiger partial charge in [0, 0.05) is 10.8 Å². The number of rotatable bonds is 10. The fourth-order valence-electron chi connectivity index (χ4n) is 6.70. The number of ether oxygens (including phenoxy) is 4. The Bertz CT molecular complexity index is 1940. The van der Waals surface area contributed by atoms with Gasteiger partial charge in [-0.05, 0) is 58.4 Å². The van der Waals surface area contributed by atoms with E-state index in [9.17, 15) is 40.2 Å². The lowest BCUT2D eigenvalue weighted by atomic mass is 9.86. The van der Waals surface area contributed by atoms with Gasteiger partial charge in [0.25, 0.3) is 0 Å². The van der Waals surface area contributed by atoms with E-state index in [4.69, 9.17) is 27.8 Å². The molecule has 6 N–H and O–H groups in total. The van der Waals surface area contributed by atoms with Gasteiger partial charge in [-0.2, -0.15) is 0 Å². The van der Waals surface area contributed by atoms with Gasteiger partial charge in [0.1, 0.15) is 70.9 Å². The summed E-state index contributed by atoms with van der Waals surface area (Å²) in [5.41, 5.74) is -1.13. The summed E-state index contributed by atoms with van der Waals surface area (Å²) in [6.45, 7) is 10.3. The minimum Gasteiger partial charge on any atom is -0.422 e. The van der Waals surface area contributed by atoms with Crippen LogP contribution in [0, 0.1) is 0 Å². The fourth-order valence-corrected chi connectivity index (χ4v) is 8.01. The number of thioether (sulfide) groups is 1. The van der Waals surface area contributed by atoms with Crippen molar-refractivity contribution in [1.82, 2.24) is 0 Å². The molecule has 2 aliphatic heterocycles. The van der Waals surface area contributed by atoms with Crippen LogP contribution in [0.1, 0.15) is 63.8 Å². The lowest BCUT2D eigenvalue weighted by Crippen LogP contribution is -2.61. The van der Waals surface area contributed by atoms with Gasteiger partial charge in [0.2, 0.25) is 0 Å². The van der Waals surface area contributed by atoms with Crippen LogP contribution in [0.4, 0.5) is 0 Å². The molecule has 0 saturated carbocycles. The molecule has 0 bridgehead atoms. The summed E-state index contributed by atoms with van der Waals surface area (Å²) in [4.78, 5) is 25.7. The van der Waals surface area contributed by atoms with E-state index in [0.717, 1.165) is 22.9 Å². The van der Waals surface area contributed by atoms with Crippen molar-refractivity contribution in [1.29, 1.82) is 0 Å².